The molecule has 10 heteroatoms. The number of benzene rings is 1. The van der Waals surface area contributed by atoms with Gasteiger partial charge in [0.15, 0.2) is 28.4 Å². The van der Waals surface area contributed by atoms with Crippen LogP contribution in [0.15, 0.2) is 35.3 Å². The van der Waals surface area contributed by atoms with E-state index in [4.69, 9.17) is 27.8 Å². The Hall–Kier alpha value is -2.91. The van der Waals surface area contributed by atoms with Crippen LogP contribution in [0.1, 0.15) is 42.7 Å². The number of halogens is 1. The zero-order chi connectivity index (χ0) is 22.4. The highest BCUT2D eigenvalue weighted by Gasteiger charge is 2.28. The Morgan fingerprint density at radius 3 is 2.74 bits per heavy atom. The second-order valence-electron chi connectivity index (χ2n) is 8.28. The number of amides is 1. The zero-order valence-corrected chi connectivity index (χ0v) is 18.4. The number of guanidine groups is 1. The lowest BCUT2D eigenvalue weighted by atomic mass is 9.83. The van der Waals surface area contributed by atoms with Crippen LogP contribution >= 0.6 is 11.6 Å². The number of aliphatic imine (C=N–C) groups is 1. The Bertz CT molecular complexity index is 950. The summed E-state index contributed by atoms with van der Waals surface area (Å²) in [6.45, 7) is 6.35. The fourth-order valence-corrected chi connectivity index (χ4v) is 3.47. The Kier molecular flexibility index (Phi) is 7.29. The second kappa shape index (κ2) is 9.93. The largest absolute Gasteiger partial charge is 0.382 e. The van der Waals surface area contributed by atoms with Crippen molar-refractivity contribution in [2.75, 3.05) is 24.6 Å². The molecule has 0 saturated carbocycles. The third-order valence-corrected chi connectivity index (χ3v) is 5.29. The molecule has 1 aromatic carbocycles. The van der Waals surface area contributed by atoms with E-state index in [1.807, 2.05) is 18.2 Å². The summed E-state index contributed by atoms with van der Waals surface area (Å²) in [5, 5.41) is 6.26. The first-order valence-corrected chi connectivity index (χ1v) is 10.4. The Morgan fingerprint density at radius 1 is 1.26 bits per heavy atom. The van der Waals surface area contributed by atoms with E-state index in [1.54, 1.807) is 0 Å². The van der Waals surface area contributed by atoms with Gasteiger partial charge in [-0.25, -0.2) is 9.97 Å². The third-order valence-electron chi connectivity index (χ3n) is 5.01. The van der Waals surface area contributed by atoms with E-state index in [9.17, 15) is 4.79 Å². The molecule has 1 fully saturated rings. The fraction of sp³-hybridized carbons (Fsp3) is 0.429. The van der Waals surface area contributed by atoms with Gasteiger partial charge in [-0.05, 0) is 23.8 Å². The summed E-state index contributed by atoms with van der Waals surface area (Å²) in [5.74, 6) is -0.408. The van der Waals surface area contributed by atoms with Crippen molar-refractivity contribution >= 4 is 35.1 Å². The van der Waals surface area contributed by atoms with Crippen LogP contribution in [-0.2, 0) is 11.3 Å². The van der Waals surface area contributed by atoms with Crippen LogP contribution in [0.4, 0.5) is 11.6 Å². The van der Waals surface area contributed by atoms with E-state index >= 15 is 0 Å². The van der Waals surface area contributed by atoms with Crippen molar-refractivity contribution in [1.29, 1.82) is 0 Å². The Labute approximate surface area is 186 Å². The monoisotopic (exact) mass is 445 g/mol. The average Bonchev–Trinajstić information content (AvgIpc) is 3.14. The van der Waals surface area contributed by atoms with Crippen LogP contribution in [0.5, 0.6) is 0 Å². The van der Waals surface area contributed by atoms with E-state index in [2.05, 4.69) is 51.6 Å². The van der Waals surface area contributed by atoms with Crippen LogP contribution in [0, 0.1) is 5.41 Å². The lowest BCUT2D eigenvalue weighted by Crippen LogP contribution is -2.33. The summed E-state index contributed by atoms with van der Waals surface area (Å²) in [6, 6.07) is 10.3. The van der Waals surface area contributed by atoms with Gasteiger partial charge in [0.05, 0.1) is 6.61 Å². The molecule has 2 heterocycles. The number of ether oxygens (including phenoxy) is 1. The number of aromatic nitrogens is 2. The number of nitrogens with zero attached hydrogens (tertiary/aromatic N) is 3. The molecule has 9 nitrogen and oxygen atoms in total. The van der Waals surface area contributed by atoms with Gasteiger partial charge in [-0.2, -0.15) is 4.99 Å². The molecule has 2 aromatic rings. The molecule has 1 aliphatic heterocycles. The topological polar surface area (TPSA) is 141 Å². The van der Waals surface area contributed by atoms with Crippen LogP contribution in [-0.4, -0.2) is 41.0 Å². The Balaban J connectivity index is 1.48. The molecule has 6 N–H and O–H groups in total. The molecule has 0 bridgehead atoms. The van der Waals surface area contributed by atoms with Gasteiger partial charge in [0.1, 0.15) is 0 Å². The summed E-state index contributed by atoms with van der Waals surface area (Å²) < 4.78 is 5.82. The molecular weight excluding hydrogens is 418 g/mol. The van der Waals surface area contributed by atoms with Crippen molar-refractivity contribution in [3.8, 4) is 0 Å². The Morgan fingerprint density at radius 2 is 2.00 bits per heavy atom. The minimum Gasteiger partial charge on any atom is -0.382 e. The molecule has 1 saturated heterocycles. The molecule has 1 aliphatic rings. The minimum atomic E-state index is -0.642. The molecule has 0 radical (unpaired) electrons. The number of anilines is 2. The third kappa shape index (κ3) is 6.53. The van der Waals surface area contributed by atoms with Crippen molar-refractivity contribution in [3.05, 3.63) is 46.7 Å². The number of nitrogens with one attached hydrogen (secondary N) is 2. The number of nitrogens with two attached hydrogens (primary N) is 2. The number of carbonyl (C=O) groups is 1. The van der Waals surface area contributed by atoms with Crippen molar-refractivity contribution < 1.29 is 9.53 Å². The lowest BCUT2D eigenvalue weighted by Gasteiger charge is -2.27. The van der Waals surface area contributed by atoms with Gasteiger partial charge in [-0.3, -0.25) is 4.79 Å². The van der Waals surface area contributed by atoms with Crippen LogP contribution in [0.25, 0.3) is 0 Å². The summed E-state index contributed by atoms with van der Waals surface area (Å²) in [6.07, 6.45) is 1.80. The van der Waals surface area contributed by atoms with E-state index in [0.717, 1.165) is 12.8 Å². The van der Waals surface area contributed by atoms with E-state index in [-0.39, 0.29) is 33.9 Å². The summed E-state index contributed by atoms with van der Waals surface area (Å²) >= 11 is 5.83. The maximum Gasteiger partial charge on any atom is 0.302 e. The van der Waals surface area contributed by atoms with Crippen LogP contribution in [0.3, 0.4) is 0 Å². The normalized spacial score (nSPS) is 17.4. The highest BCUT2D eigenvalue weighted by Crippen LogP contribution is 2.27. The average molecular weight is 446 g/mol. The second-order valence-corrected chi connectivity index (χ2v) is 8.64. The van der Waals surface area contributed by atoms with Crippen molar-refractivity contribution in [2.24, 2.45) is 10.4 Å². The van der Waals surface area contributed by atoms with E-state index in [1.165, 1.54) is 5.56 Å². The summed E-state index contributed by atoms with van der Waals surface area (Å²) in [4.78, 5) is 24.1. The fourth-order valence-electron chi connectivity index (χ4n) is 3.35. The lowest BCUT2D eigenvalue weighted by molar-refractivity contribution is 0.0876. The molecule has 1 atom stereocenters. The molecule has 0 spiro atoms. The SMILES string of the molecule is CC(C)(CCOCc1ccccc1)CC1CN/C(=N/C(=O)c2nc(Cl)c(N)nc2N)N1. The van der Waals surface area contributed by atoms with Gasteiger partial charge in [-0.1, -0.05) is 55.8 Å². The molecule has 1 amide bonds. The van der Waals surface area contributed by atoms with E-state index < -0.39 is 5.91 Å². The quantitative estimate of drug-likeness (QED) is 0.454. The number of carbonyl (C=O) groups excluding carboxylic acids is 1. The van der Waals surface area contributed by atoms with Gasteiger partial charge in [-0.15, -0.1) is 0 Å². The molecule has 3 rings (SSSR count). The van der Waals surface area contributed by atoms with Gasteiger partial charge < -0.3 is 26.8 Å². The molecule has 166 valence electrons. The first kappa shape index (κ1) is 22.8. The zero-order valence-electron chi connectivity index (χ0n) is 17.7. The first-order chi connectivity index (χ1) is 14.7. The van der Waals surface area contributed by atoms with Crippen LogP contribution in [0.2, 0.25) is 5.15 Å². The summed E-state index contributed by atoms with van der Waals surface area (Å²) in [7, 11) is 0. The van der Waals surface area contributed by atoms with Crippen LogP contribution < -0.4 is 22.1 Å². The number of hydrogen-bond donors (Lipinski definition) is 4. The predicted octanol–water partition coefficient (Wildman–Crippen LogP) is 2.38. The molecule has 31 heavy (non-hydrogen) atoms. The molecular formula is C21H28ClN7O2. The summed E-state index contributed by atoms with van der Waals surface area (Å²) in [5.41, 5.74) is 12.3. The minimum absolute atomic E-state index is 0.0319. The number of hydrogen-bond acceptors (Lipinski definition) is 6. The van der Waals surface area contributed by atoms with E-state index in [0.29, 0.717) is 25.7 Å². The van der Waals surface area contributed by atoms with Gasteiger partial charge in [0.25, 0.3) is 0 Å². The van der Waals surface area contributed by atoms with Gasteiger partial charge in [0.2, 0.25) is 0 Å². The van der Waals surface area contributed by atoms with Crippen molar-refractivity contribution in [3.63, 3.8) is 0 Å². The van der Waals surface area contributed by atoms with Crippen molar-refractivity contribution in [2.45, 2.75) is 39.3 Å². The standard InChI is InChI=1S/C21H28ClN7O2/c1-21(2,8-9-31-12-13-6-4-3-5-7-13)10-14-11-25-20(26-14)29-19(30)15-17(23)28-18(24)16(22)27-15/h3-7,14H,8-12H2,1-2H3,(H4,23,24,28)(H2,25,26,29,30). The molecule has 1 unspecified atom stereocenters. The molecule has 1 aromatic heterocycles. The van der Waals surface area contributed by atoms with Gasteiger partial charge in [0, 0.05) is 19.2 Å². The maximum atomic E-state index is 12.4. The highest BCUT2D eigenvalue weighted by atomic mass is 35.5. The van der Waals surface area contributed by atoms with Crippen molar-refractivity contribution in [1.82, 2.24) is 20.6 Å². The predicted molar refractivity (Wildman–Crippen MR) is 122 cm³/mol. The number of nitrogen functional groups attached to an aromatic ring is 2. The molecule has 0 aliphatic carbocycles. The van der Waals surface area contributed by atoms with Gasteiger partial charge >= 0.3 is 5.91 Å². The first-order valence-electron chi connectivity index (χ1n) is 10.1. The smallest absolute Gasteiger partial charge is 0.302 e. The number of rotatable bonds is 8. The maximum absolute atomic E-state index is 12.4. The highest BCUT2D eigenvalue weighted by molar-refractivity contribution is 6.31.